The van der Waals surface area contributed by atoms with Gasteiger partial charge >= 0.3 is 0 Å². The van der Waals surface area contributed by atoms with Crippen molar-refractivity contribution in [3.8, 4) is 0 Å². The molecule has 5 nitrogen and oxygen atoms in total. The Kier molecular flexibility index (Phi) is 6.43. The van der Waals surface area contributed by atoms with Gasteiger partial charge in [0.25, 0.3) is 5.91 Å². The first-order valence-electron chi connectivity index (χ1n) is 6.59. The molecular weight excluding hydrogens is 230 g/mol. The van der Waals surface area contributed by atoms with Gasteiger partial charge in [-0.2, -0.15) is 0 Å². The minimum Gasteiger partial charge on any atom is -0.361 e. The van der Waals surface area contributed by atoms with Crippen LogP contribution < -0.4 is 5.32 Å². The monoisotopic (exact) mass is 253 g/mol. The van der Waals surface area contributed by atoms with Crippen molar-refractivity contribution in [2.24, 2.45) is 0 Å². The maximum absolute atomic E-state index is 11.7. The molecule has 0 aromatic carbocycles. The maximum Gasteiger partial charge on any atom is 0.273 e. The van der Waals surface area contributed by atoms with Crippen LogP contribution in [0, 0.1) is 0 Å². The van der Waals surface area contributed by atoms with Crippen molar-refractivity contribution in [3.05, 3.63) is 17.5 Å². The minimum absolute atomic E-state index is 0.164. The Morgan fingerprint density at radius 1 is 1.44 bits per heavy atom. The van der Waals surface area contributed by atoms with Crippen LogP contribution in [0.15, 0.2) is 10.6 Å². The second-order valence-corrected chi connectivity index (χ2v) is 4.44. The molecule has 0 atom stereocenters. The van der Waals surface area contributed by atoms with Crippen molar-refractivity contribution >= 4 is 5.91 Å². The van der Waals surface area contributed by atoms with Gasteiger partial charge in [-0.25, -0.2) is 0 Å². The molecule has 102 valence electrons. The molecule has 0 aliphatic heterocycles. The standard InChI is InChI=1S/C13H23N3O2/c1-4-6-8-16(3)9-7-14-13(17)12-10-11(5-2)18-15-12/h10H,4-9H2,1-3H3,(H,14,17). The Bertz CT molecular complexity index is 363. The van der Waals surface area contributed by atoms with E-state index in [-0.39, 0.29) is 5.91 Å². The highest BCUT2D eigenvalue weighted by molar-refractivity contribution is 5.92. The first-order chi connectivity index (χ1) is 8.67. The second-order valence-electron chi connectivity index (χ2n) is 4.44. The van der Waals surface area contributed by atoms with Crippen LogP contribution in [0.3, 0.4) is 0 Å². The fraction of sp³-hybridized carbons (Fsp3) is 0.692. The van der Waals surface area contributed by atoms with E-state index in [0.717, 1.165) is 25.3 Å². The number of carbonyl (C=O) groups is 1. The van der Waals surface area contributed by atoms with Crippen LogP contribution in [0.25, 0.3) is 0 Å². The van der Waals surface area contributed by atoms with E-state index < -0.39 is 0 Å². The molecule has 1 aromatic heterocycles. The molecule has 0 unspecified atom stereocenters. The molecule has 0 saturated carbocycles. The molecule has 0 spiro atoms. The van der Waals surface area contributed by atoms with E-state index in [1.807, 2.05) is 6.92 Å². The van der Waals surface area contributed by atoms with Crippen LogP contribution in [-0.2, 0) is 6.42 Å². The lowest BCUT2D eigenvalue weighted by atomic mass is 10.3. The van der Waals surface area contributed by atoms with Crippen molar-refractivity contribution in [1.82, 2.24) is 15.4 Å². The van der Waals surface area contributed by atoms with E-state index in [0.29, 0.717) is 12.2 Å². The first kappa shape index (κ1) is 14.7. The molecule has 18 heavy (non-hydrogen) atoms. The van der Waals surface area contributed by atoms with Gasteiger partial charge in [0.05, 0.1) is 0 Å². The van der Waals surface area contributed by atoms with Gasteiger partial charge in [-0.1, -0.05) is 25.4 Å². The predicted octanol–water partition coefficient (Wildman–Crippen LogP) is 1.70. The molecule has 5 heteroatoms. The van der Waals surface area contributed by atoms with Crippen LogP contribution in [0.1, 0.15) is 42.9 Å². The van der Waals surface area contributed by atoms with Crippen LogP contribution >= 0.6 is 0 Å². The predicted molar refractivity (Wildman–Crippen MR) is 70.6 cm³/mol. The summed E-state index contributed by atoms with van der Waals surface area (Å²) >= 11 is 0. The Hall–Kier alpha value is -1.36. The van der Waals surface area contributed by atoms with E-state index in [4.69, 9.17) is 4.52 Å². The van der Waals surface area contributed by atoms with Gasteiger partial charge in [0, 0.05) is 25.6 Å². The summed E-state index contributed by atoms with van der Waals surface area (Å²) in [6.07, 6.45) is 3.13. The zero-order valence-corrected chi connectivity index (χ0v) is 11.5. The Morgan fingerprint density at radius 2 is 2.22 bits per heavy atom. The van der Waals surface area contributed by atoms with E-state index in [1.54, 1.807) is 6.07 Å². The molecule has 0 bridgehead atoms. The molecule has 0 saturated heterocycles. The summed E-state index contributed by atoms with van der Waals surface area (Å²) in [6.45, 7) is 6.68. The van der Waals surface area contributed by atoms with Crippen LogP contribution in [0.4, 0.5) is 0 Å². The number of likely N-dealkylation sites (N-methyl/N-ethyl adjacent to an activating group) is 1. The van der Waals surface area contributed by atoms with Crippen LogP contribution in [0.5, 0.6) is 0 Å². The van der Waals surface area contributed by atoms with E-state index in [1.165, 1.54) is 12.8 Å². The number of carbonyl (C=O) groups excluding carboxylic acids is 1. The average Bonchev–Trinajstić information content (AvgIpc) is 2.85. The van der Waals surface area contributed by atoms with Crippen molar-refractivity contribution in [2.75, 3.05) is 26.7 Å². The summed E-state index contributed by atoms with van der Waals surface area (Å²) in [5.74, 6) is 0.572. The Morgan fingerprint density at radius 3 is 2.83 bits per heavy atom. The van der Waals surface area contributed by atoms with Gasteiger partial charge < -0.3 is 14.7 Å². The smallest absolute Gasteiger partial charge is 0.273 e. The number of hydrogen-bond donors (Lipinski definition) is 1. The Balaban J connectivity index is 2.24. The zero-order chi connectivity index (χ0) is 13.4. The van der Waals surface area contributed by atoms with Crippen molar-refractivity contribution in [2.45, 2.75) is 33.1 Å². The number of nitrogens with one attached hydrogen (secondary N) is 1. The second kappa shape index (κ2) is 7.87. The lowest BCUT2D eigenvalue weighted by Gasteiger charge is -2.15. The third-order valence-electron chi connectivity index (χ3n) is 2.81. The van der Waals surface area contributed by atoms with Crippen molar-refractivity contribution in [3.63, 3.8) is 0 Å². The summed E-state index contributed by atoms with van der Waals surface area (Å²) < 4.78 is 4.99. The number of amides is 1. The van der Waals surface area contributed by atoms with Crippen molar-refractivity contribution in [1.29, 1.82) is 0 Å². The van der Waals surface area contributed by atoms with Crippen LogP contribution in [-0.4, -0.2) is 42.6 Å². The van der Waals surface area contributed by atoms with Crippen LogP contribution in [0.2, 0.25) is 0 Å². The van der Waals surface area contributed by atoms with Gasteiger partial charge in [-0.3, -0.25) is 4.79 Å². The highest BCUT2D eigenvalue weighted by Crippen LogP contribution is 2.03. The molecular formula is C13H23N3O2. The minimum atomic E-state index is -0.164. The molecule has 1 N–H and O–H groups in total. The molecule has 0 aliphatic carbocycles. The number of unbranched alkanes of at least 4 members (excludes halogenated alkanes) is 1. The van der Waals surface area contributed by atoms with Gasteiger partial charge in [-0.15, -0.1) is 0 Å². The fourth-order valence-electron chi connectivity index (χ4n) is 1.58. The zero-order valence-electron chi connectivity index (χ0n) is 11.5. The SMILES string of the molecule is CCCCN(C)CCNC(=O)c1cc(CC)on1. The van der Waals surface area contributed by atoms with Gasteiger partial charge in [0.1, 0.15) is 5.76 Å². The summed E-state index contributed by atoms with van der Waals surface area (Å²) in [5.41, 5.74) is 0.364. The summed E-state index contributed by atoms with van der Waals surface area (Å²) in [6, 6.07) is 1.69. The molecule has 0 fully saturated rings. The number of rotatable bonds is 8. The van der Waals surface area contributed by atoms with Crippen molar-refractivity contribution < 1.29 is 9.32 Å². The molecule has 1 amide bonds. The highest BCUT2D eigenvalue weighted by Gasteiger charge is 2.11. The maximum atomic E-state index is 11.7. The van der Waals surface area contributed by atoms with E-state index in [2.05, 4.69) is 29.3 Å². The lowest BCUT2D eigenvalue weighted by Crippen LogP contribution is -2.33. The summed E-state index contributed by atoms with van der Waals surface area (Å²) in [5, 5.41) is 6.57. The van der Waals surface area contributed by atoms with E-state index >= 15 is 0 Å². The third kappa shape index (κ3) is 4.87. The average molecular weight is 253 g/mol. The largest absolute Gasteiger partial charge is 0.361 e. The number of aromatic nitrogens is 1. The Labute approximate surface area is 109 Å². The van der Waals surface area contributed by atoms with Gasteiger partial charge in [0.15, 0.2) is 5.69 Å². The highest BCUT2D eigenvalue weighted by atomic mass is 16.5. The molecule has 1 rings (SSSR count). The quantitative estimate of drug-likeness (QED) is 0.766. The van der Waals surface area contributed by atoms with Gasteiger partial charge in [0.2, 0.25) is 0 Å². The first-order valence-corrected chi connectivity index (χ1v) is 6.59. The topological polar surface area (TPSA) is 58.4 Å². The van der Waals surface area contributed by atoms with E-state index in [9.17, 15) is 4.79 Å². The molecule has 1 aromatic rings. The number of nitrogens with zero attached hydrogens (tertiary/aromatic N) is 2. The molecule has 0 radical (unpaired) electrons. The molecule has 1 heterocycles. The summed E-state index contributed by atoms with van der Waals surface area (Å²) in [4.78, 5) is 13.9. The van der Waals surface area contributed by atoms with Gasteiger partial charge in [-0.05, 0) is 20.0 Å². The number of hydrogen-bond acceptors (Lipinski definition) is 4. The third-order valence-corrected chi connectivity index (χ3v) is 2.81. The number of aryl methyl sites for hydroxylation is 1. The lowest BCUT2D eigenvalue weighted by molar-refractivity contribution is 0.0940. The normalized spacial score (nSPS) is 10.9. The summed E-state index contributed by atoms with van der Waals surface area (Å²) in [7, 11) is 2.06. The fourth-order valence-corrected chi connectivity index (χ4v) is 1.58. The molecule has 0 aliphatic rings.